The van der Waals surface area contributed by atoms with Crippen molar-refractivity contribution >= 4 is 29.6 Å². The van der Waals surface area contributed by atoms with Crippen LogP contribution in [-0.4, -0.2) is 78.2 Å². The molecule has 0 aromatic rings. The highest BCUT2D eigenvalue weighted by Crippen LogP contribution is 2.65. The number of ketones is 1. The Hall–Kier alpha value is -2.79. The minimum atomic E-state index is -3.10. The molecule has 1 saturated heterocycles. The van der Waals surface area contributed by atoms with E-state index in [1.54, 1.807) is 20.8 Å². The number of Topliss-reactive ketones (excluding diaryl/α,β-unsaturated/α-hetero) is 1. The predicted octanol–water partition coefficient (Wildman–Crippen LogP) is 2.01. The van der Waals surface area contributed by atoms with Crippen molar-refractivity contribution in [3.63, 3.8) is 0 Å². The molecule has 12 heteroatoms. The van der Waals surface area contributed by atoms with Crippen molar-refractivity contribution in [2.45, 2.75) is 97.3 Å². The maximum atomic E-state index is 13.7. The number of alkyl carbamates (subject to hydrolysis) is 1. The van der Waals surface area contributed by atoms with Gasteiger partial charge >= 0.3 is 6.09 Å². The standard InChI is InChI=1S/C26H40F2N4O6/c1-24(2,3)19(31-23(37)38-7)22(36)32-12-14-16(25(14,4)5)17(32)20(34)30-15(10-11-26(6,27)28)18(33)21(35)29-13-8-9-13/h13-17,19H,8-12H2,1-7H3,(H,29,35)(H,30,34)(H,31,37)/t14-,15-,16-,17-,19+/m0/s1. The summed E-state index contributed by atoms with van der Waals surface area (Å²) < 4.78 is 32.0. The van der Waals surface area contributed by atoms with E-state index in [0.717, 1.165) is 12.8 Å². The summed E-state index contributed by atoms with van der Waals surface area (Å²) in [4.78, 5) is 66.0. The lowest BCUT2D eigenvalue weighted by atomic mass is 9.85. The van der Waals surface area contributed by atoms with E-state index >= 15 is 0 Å². The molecule has 1 heterocycles. The second-order valence-electron chi connectivity index (χ2n) is 12.6. The monoisotopic (exact) mass is 542 g/mol. The van der Waals surface area contributed by atoms with Crippen LogP contribution in [0, 0.1) is 22.7 Å². The first kappa shape index (κ1) is 29.8. The van der Waals surface area contributed by atoms with Crippen LogP contribution < -0.4 is 16.0 Å². The Kier molecular flexibility index (Phi) is 8.15. The van der Waals surface area contributed by atoms with Crippen LogP contribution in [0.2, 0.25) is 0 Å². The number of likely N-dealkylation sites (tertiary alicyclic amines) is 1. The van der Waals surface area contributed by atoms with Gasteiger partial charge in [0.15, 0.2) is 0 Å². The third kappa shape index (κ3) is 6.61. The summed E-state index contributed by atoms with van der Waals surface area (Å²) in [7, 11) is 1.18. The van der Waals surface area contributed by atoms with Gasteiger partial charge in [0.1, 0.15) is 12.1 Å². The number of carbonyl (C=O) groups is 5. The molecule has 0 spiro atoms. The molecule has 0 bridgehead atoms. The Bertz CT molecular complexity index is 985. The normalized spacial score (nSPS) is 25.5. The molecule has 0 aromatic carbocycles. The molecule has 0 unspecified atom stereocenters. The molecule has 10 nitrogen and oxygen atoms in total. The molecule has 2 saturated carbocycles. The Morgan fingerprint density at radius 3 is 2.16 bits per heavy atom. The van der Waals surface area contributed by atoms with E-state index in [-0.39, 0.29) is 29.8 Å². The number of halogens is 2. The summed E-state index contributed by atoms with van der Waals surface area (Å²) in [5, 5.41) is 7.62. The molecular weight excluding hydrogens is 502 g/mol. The van der Waals surface area contributed by atoms with Gasteiger partial charge in [-0.1, -0.05) is 34.6 Å². The van der Waals surface area contributed by atoms with Crippen molar-refractivity contribution in [3.8, 4) is 0 Å². The number of alkyl halides is 2. The van der Waals surface area contributed by atoms with Gasteiger partial charge in [0.25, 0.3) is 5.91 Å². The fourth-order valence-corrected chi connectivity index (χ4v) is 5.37. The van der Waals surface area contributed by atoms with Crippen molar-refractivity contribution < 1.29 is 37.5 Å². The molecule has 3 fully saturated rings. The minimum absolute atomic E-state index is 0.00763. The number of fused-ring (bicyclic) bond motifs is 1. The van der Waals surface area contributed by atoms with E-state index < -0.39 is 71.9 Å². The first-order valence-corrected chi connectivity index (χ1v) is 13.1. The Morgan fingerprint density at radius 2 is 1.66 bits per heavy atom. The molecule has 1 aliphatic heterocycles. The zero-order valence-electron chi connectivity index (χ0n) is 23.2. The maximum absolute atomic E-state index is 13.7. The van der Waals surface area contributed by atoms with Crippen molar-refractivity contribution in [2.24, 2.45) is 22.7 Å². The lowest BCUT2D eigenvalue weighted by Gasteiger charge is -2.37. The fourth-order valence-electron chi connectivity index (χ4n) is 5.37. The molecular formula is C26H40F2N4O6. The van der Waals surface area contributed by atoms with Crippen LogP contribution in [-0.2, 0) is 23.9 Å². The smallest absolute Gasteiger partial charge is 0.407 e. The maximum Gasteiger partial charge on any atom is 0.407 e. The molecule has 38 heavy (non-hydrogen) atoms. The zero-order valence-corrected chi connectivity index (χ0v) is 23.2. The number of methoxy groups -OCH3 is 1. The SMILES string of the molecule is COC(=O)N[C@H](C(=O)N1C[C@H]2[C@@H]([C@H]1C(=O)N[C@@H](CCC(C)(F)F)C(=O)C(=O)NC1CC1)C2(C)C)C(C)(C)C. The van der Waals surface area contributed by atoms with Crippen molar-refractivity contribution in [2.75, 3.05) is 13.7 Å². The molecule has 3 N–H and O–H groups in total. The highest BCUT2D eigenvalue weighted by molar-refractivity contribution is 6.38. The highest BCUT2D eigenvalue weighted by Gasteiger charge is 2.70. The van der Waals surface area contributed by atoms with E-state index in [4.69, 9.17) is 0 Å². The Morgan fingerprint density at radius 1 is 1.05 bits per heavy atom. The van der Waals surface area contributed by atoms with Crippen molar-refractivity contribution in [1.82, 2.24) is 20.9 Å². The molecule has 5 atom stereocenters. The number of amides is 4. The van der Waals surface area contributed by atoms with Crippen LogP contribution in [0.25, 0.3) is 0 Å². The molecule has 3 aliphatic rings. The summed E-state index contributed by atoms with van der Waals surface area (Å²) in [6.07, 6.45) is -0.472. The van der Waals surface area contributed by atoms with Gasteiger partial charge < -0.3 is 25.6 Å². The van der Waals surface area contributed by atoms with E-state index in [0.29, 0.717) is 6.92 Å². The van der Waals surface area contributed by atoms with Crippen molar-refractivity contribution in [3.05, 3.63) is 0 Å². The first-order chi connectivity index (χ1) is 17.4. The van der Waals surface area contributed by atoms with Gasteiger partial charge in [-0.15, -0.1) is 0 Å². The number of nitrogens with zero attached hydrogens (tertiary/aromatic N) is 1. The molecule has 0 radical (unpaired) electrons. The van der Waals surface area contributed by atoms with Gasteiger partial charge in [-0.3, -0.25) is 19.2 Å². The number of rotatable bonds is 10. The quantitative estimate of drug-likeness (QED) is 0.362. The largest absolute Gasteiger partial charge is 0.453 e. The second kappa shape index (κ2) is 10.4. The molecule has 4 amide bonds. The number of nitrogens with one attached hydrogen (secondary N) is 3. The van der Waals surface area contributed by atoms with E-state index in [1.807, 2.05) is 13.8 Å². The molecule has 0 aromatic heterocycles. The van der Waals surface area contributed by atoms with Gasteiger partial charge in [-0.05, 0) is 48.9 Å². The lowest BCUT2D eigenvalue weighted by Crippen LogP contribution is -2.60. The van der Waals surface area contributed by atoms with Gasteiger partial charge in [0, 0.05) is 19.0 Å². The summed E-state index contributed by atoms with van der Waals surface area (Å²) in [5.41, 5.74) is -0.980. The average molecular weight is 543 g/mol. The van der Waals surface area contributed by atoms with E-state index in [1.165, 1.54) is 12.0 Å². The zero-order chi connectivity index (χ0) is 28.8. The van der Waals surface area contributed by atoms with Crippen LogP contribution >= 0.6 is 0 Å². The number of carbonyl (C=O) groups excluding carboxylic acids is 5. The topological polar surface area (TPSA) is 134 Å². The predicted molar refractivity (Wildman–Crippen MR) is 133 cm³/mol. The van der Waals surface area contributed by atoms with Crippen molar-refractivity contribution in [1.29, 1.82) is 0 Å². The second-order valence-corrected chi connectivity index (χ2v) is 12.6. The molecule has 3 rings (SSSR count). The average Bonchev–Trinajstić information content (AvgIpc) is 3.64. The molecule has 214 valence electrons. The molecule has 2 aliphatic carbocycles. The van der Waals surface area contributed by atoms with Crippen LogP contribution in [0.3, 0.4) is 0 Å². The third-order valence-corrected chi connectivity index (χ3v) is 7.96. The highest BCUT2D eigenvalue weighted by atomic mass is 19.3. The summed E-state index contributed by atoms with van der Waals surface area (Å²) in [5.74, 6) is -6.40. The van der Waals surface area contributed by atoms with E-state index in [2.05, 4.69) is 20.7 Å². The van der Waals surface area contributed by atoms with Crippen LogP contribution in [0.1, 0.15) is 67.2 Å². The Balaban J connectivity index is 1.84. The van der Waals surface area contributed by atoms with Crippen LogP contribution in [0.4, 0.5) is 13.6 Å². The summed E-state index contributed by atoms with van der Waals surface area (Å²) >= 11 is 0. The lowest BCUT2D eigenvalue weighted by molar-refractivity contribution is -0.145. The van der Waals surface area contributed by atoms with Gasteiger partial charge in [0.2, 0.25) is 23.5 Å². The van der Waals surface area contributed by atoms with Crippen LogP contribution in [0.15, 0.2) is 0 Å². The number of ether oxygens (including phenoxy) is 1. The summed E-state index contributed by atoms with van der Waals surface area (Å²) in [6, 6.07) is -3.58. The van der Waals surface area contributed by atoms with Gasteiger partial charge in [0.05, 0.1) is 13.2 Å². The van der Waals surface area contributed by atoms with Gasteiger partial charge in [-0.25, -0.2) is 13.6 Å². The Labute approximate surface area is 222 Å². The first-order valence-electron chi connectivity index (χ1n) is 13.1. The number of piperidine rings is 1. The van der Waals surface area contributed by atoms with E-state index in [9.17, 15) is 32.8 Å². The van der Waals surface area contributed by atoms with Gasteiger partial charge in [-0.2, -0.15) is 0 Å². The van der Waals surface area contributed by atoms with Crippen LogP contribution in [0.5, 0.6) is 0 Å². The fraction of sp³-hybridized carbons (Fsp3) is 0.808. The third-order valence-electron chi connectivity index (χ3n) is 7.96. The minimum Gasteiger partial charge on any atom is -0.453 e. The number of hydrogen-bond donors (Lipinski definition) is 3. The summed E-state index contributed by atoms with van der Waals surface area (Å²) in [6.45, 7) is 10.2. The number of hydrogen-bond acceptors (Lipinski definition) is 6.